The number of nitrogens with one attached hydrogen (secondary N) is 2. The first-order chi connectivity index (χ1) is 5.79. The SMILES string of the molecule is N=Nc1cnccc1C(=O)NN. The highest BCUT2D eigenvalue weighted by molar-refractivity contribution is 5.98. The Bertz CT molecular complexity index is 311. The molecule has 1 aromatic heterocycles. The zero-order valence-corrected chi connectivity index (χ0v) is 6.11. The van der Waals surface area contributed by atoms with Crippen molar-refractivity contribution in [1.29, 1.82) is 5.53 Å². The van der Waals surface area contributed by atoms with Crippen LogP contribution < -0.4 is 11.3 Å². The summed E-state index contributed by atoms with van der Waals surface area (Å²) in [5.41, 5.74) is 9.10. The molecule has 6 heteroatoms. The van der Waals surface area contributed by atoms with Crippen molar-refractivity contribution in [2.45, 2.75) is 0 Å². The number of hydrazine groups is 1. The number of pyridine rings is 1. The van der Waals surface area contributed by atoms with Crippen LogP contribution in [0.1, 0.15) is 10.4 Å². The summed E-state index contributed by atoms with van der Waals surface area (Å²) in [6.07, 6.45) is 2.75. The van der Waals surface area contributed by atoms with Crippen LogP contribution in [0.2, 0.25) is 0 Å². The van der Waals surface area contributed by atoms with E-state index in [4.69, 9.17) is 11.4 Å². The van der Waals surface area contributed by atoms with Crippen LogP contribution in [0.15, 0.2) is 23.6 Å². The number of hydrogen-bond donors (Lipinski definition) is 3. The fourth-order valence-electron chi connectivity index (χ4n) is 0.745. The van der Waals surface area contributed by atoms with Gasteiger partial charge in [-0.05, 0) is 6.07 Å². The average Bonchev–Trinajstić information content (AvgIpc) is 2.16. The highest BCUT2D eigenvalue weighted by Crippen LogP contribution is 2.15. The van der Waals surface area contributed by atoms with E-state index in [-0.39, 0.29) is 11.3 Å². The highest BCUT2D eigenvalue weighted by Gasteiger charge is 2.08. The molecule has 0 fully saturated rings. The fraction of sp³-hybridized carbons (Fsp3) is 0. The van der Waals surface area contributed by atoms with E-state index >= 15 is 0 Å². The minimum atomic E-state index is -0.483. The largest absolute Gasteiger partial charge is 0.290 e. The van der Waals surface area contributed by atoms with Crippen LogP contribution in [-0.4, -0.2) is 10.9 Å². The lowest BCUT2D eigenvalue weighted by atomic mass is 10.2. The Morgan fingerprint density at radius 2 is 2.50 bits per heavy atom. The number of aromatic nitrogens is 1. The molecule has 12 heavy (non-hydrogen) atoms. The molecule has 0 spiro atoms. The summed E-state index contributed by atoms with van der Waals surface area (Å²) in [7, 11) is 0. The third kappa shape index (κ3) is 1.43. The first-order valence-electron chi connectivity index (χ1n) is 3.12. The Morgan fingerprint density at radius 1 is 1.75 bits per heavy atom. The maximum absolute atomic E-state index is 11.0. The normalized spacial score (nSPS) is 9.08. The van der Waals surface area contributed by atoms with Crippen molar-refractivity contribution in [2.75, 3.05) is 0 Å². The maximum atomic E-state index is 11.0. The van der Waals surface area contributed by atoms with E-state index in [2.05, 4.69) is 10.1 Å². The first-order valence-corrected chi connectivity index (χ1v) is 3.12. The summed E-state index contributed by atoms with van der Waals surface area (Å²) in [6, 6.07) is 1.44. The summed E-state index contributed by atoms with van der Waals surface area (Å²) in [6.45, 7) is 0. The van der Waals surface area contributed by atoms with Gasteiger partial charge in [-0.1, -0.05) is 0 Å². The number of carbonyl (C=O) groups is 1. The highest BCUT2D eigenvalue weighted by atomic mass is 16.2. The number of carbonyl (C=O) groups excluding carboxylic acids is 1. The molecule has 62 valence electrons. The van der Waals surface area contributed by atoms with Crippen molar-refractivity contribution in [3.8, 4) is 0 Å². The molecule has 0 unspecified atom stereocenters. The molecule has 0 aliphatic rings. The Balaban J connectivity index is 3.13. The predicted octanol–water partition coefficient (Wildman–Crippen LogP) is 0.348. The molecular formula is C6H7N5O. The molecule has 0 aliphatic carbocycles. The van der Waals surface area contributed by atoms with Crippen molar-refractivity contribution < 1.29 is 4.79 Å². The zero-order valence-electron chi connectivity index (χ0n) is 6.11. The monoisotopic (exact) mass is 165 g/mol. The van der Waals surface area contributed by atoms with Crippen molar-refractivity contribution in [2.24, 2.45) is 11.0 Å². The van der Waals surface area contributed by atoms with Gasteiger partial charge < -0.3 is 0 Å². The predicted molar refractivity (Wildman–Crippen MR) is 40.7 cm³/mol. The van der Waals surface area contributed by atoms with Gasteiger partial charge in [-0.2, -0.15) is 5.11 Å². The summed E-state index contributed by atoms with van der Waals surface area (Å²) in [5, 5.41) is 3.11. The molecule has 0 aromatic carbocycles. The summed E-state index contributed by atoms with van der Waals surface area (Å²) < 4.78 is 0. The Morgan fingerprint density at radius 3 is 3.08 bits per heavy atom. The van der Waals surface area contributed by atoms with Crippen molar-refractivity contribution in [3.63, 3.8) is 0 Å². The topological polar surface area (TPSA) is 104 Å². The van der Waals surface area contributed by atoms with Crippen LogP contribution in [0.25, 0.3) is 0 Å². The average molecular weight is 165 g/mol. The number of hydrogen-bond acceptors (Lipinski definition) is 5. The van der Waals surface area contributed by atoms with Gasteiger partial charge in [0.1, 0.15) is 5.69 Å². The minimum Gasteiger partial charge on any atom is -0.290 e. The summed E-state index contributed by atoms with van der Waals surface area (Å²) >= 11 is 0. The van der Waals surface area contributed by atoms with E-state index < -0.39 is 5.91 Å². The van der Waals surface area contributed by atoms with Gasteiger partial charge in [0.25, 0.3) is 5.91 Å². The lowest BCUT2D eigenvalue weighted by Gasteiger charge is -2.00. The van der Waals surface area contributed by atoms with Crippen molar-refractivity contribution in [3.05, 3.63) is 24.0 Å². The molecule has 0 radical (unpaired) electrons. The van der Waals surface area contributed by atoms with Crippen LogP contribution in [0.4, 0.5) is 5.69 Å². The maximum Gasteiger partial charge on any atom is 0.267 e. The molecular weight excluding hydrogens is 158 g/mol. The standard InChI is InChI=1S/C6H7N5O/c7-10-5-3-9-2-1-4(5)6(12)11-8/h1-3,7H,8H2,(H,11,12). The van der Waals surface area contributed by atoms with Crippen LogP contribution in [-0.2, 0) is 0 Å². The Labute approximate surface area is 68.3 Å². The zero-order chi connectivity index (χ0) is 8.97. The number of nitrogens with two attached hydrogens (primary N) is 1. The van der Waals surface area contributed by atoms with Gasteiger partial charge in [0.2, 0.25) is 0 Å². The fourth-order valence-corrected chi connectivity index (χ4v) is 0.745. The second-order valence-electron chi connectivity index (χ2n) is 1.98. The van der Waals surface area contributed by atoms with Gasteiger partial charge in [-0.3, -0.25) is 15.2 Å². The second kappa shape index (κ2) is 3.54. The summed E-state index contributed by atoms with van der Waals surface area (Å²) in [5.74, 6) is 4.42. The molecule has 0 saturated carbocycles. The van der Waals surface area contributed by atoms with Gasteiger partial charge in [-0.25, -0.2) is 11.4 Å². The molecule has 0 atom stereocenters. The van der Waals surface area contributed by atoms with Crippen LogP contribution >= 0.6 is 0 Å². The quantitative estimate of drug-likeness (QED) is 0.255. The van der Waals surface area contributed by atoms with Gasteiger partial charge in [0.05, 0.1) is 11.8 Å². The van der Waals surface area contributed by atoms with Crippen molar-refractivity contribution >= 4 is 11.6 Å². The van der Waals surface area contributed by atoms with Crippen molar-refractivity contribution in [1.82, 2.24) is 10.4 Å². The third-order valence-electron chi connectivity index (χ3n) is 1.30. The van der Waals surface area contributed by atoms with Gasteiger partial charge >= 0.3 is 0 Å². The molecule has 0 saturated heterocycles. The van der Waals surface area contributed by atoms with E-state index in [1.165, 1.54) is 18.5 Å². The minimum absolute atomic E-state index is 0.195. The lowest BCUT2D eigenvalue weighted by molar-refractivity contribution is 0.0954. The van der Waals surface area contributed by atoms with Gasteiger partial charge in [-0.15, -0.1) is 0 Å². The van der Waals surface area contributed by atoms with E-state index in [0.717, 1.165) is 0 Å². The summed E-state index contributed by atoms with van der Waals surface area (Å²) in [4.78, 5) is 14.7. The third-order valence-corrected chi connectivity index (χ3v) is 1.30. The number of rotatable bonds is 2. The first kappa shape index (κ1) is 8.28. The number of nitrogen functional groups attached to an aromatic ring is 1. The molecule has 1 aromatic rings. The molecule has 1 rings (SSSR count). The van der Waals surface area contributed by atoms with E-state index in [1.54, 1.807) is 0 Å². The molecule has 1 amide bonds. The Kier molecular flexibility index (Phi) is 2.44. The molecule has 1 heterocycles. The molecule has 4 N–H and O–H groups in total. The van der Waals surface area contributed by atoms with Crippen LogP contribution in [0.5, 0.6) is 0 Å². The lowest BCUT2D eigenvalue weighted by Crippen LogP contribution is -2.30. The molecule has 0 aliphatic heterocycles. The molecule has 0 bridgehead atoms. The van der Waals surface area contributed by atoms with Crippen LogP contribution in [0, 0.1) is 5.53 Å². The van der Waals surface area contributed by atoms with Gasteiger partial charge in [0.15, 0.2) is 0 Å². The van der Waals surface area contributed by atoms with E-state index in [0.29, 0.717) is 0 Å². The van der Waals surface area contributed by atoms with E-state index in [9.17, 15) is 4.79 Å². The van der Waals surface area contributed by atoms with E-state index in [1.807, 2.05) is 5.43 Å². The number of nitrogens with zero attached hydrogens (tertiary/aromatic N) is 2. The smallest absolute Gasteiger partial charge is 0.267 e. The molecule has 6 nitrogen and oxygen atoms in total. The second-order valence-corrected chi connectivity index (χ2v) is 1.98. The van der Waals surface area contributed by atoms with Crippen LogP contribution in [0.3, 0.4) is 0 Å². The number of amides is 1. The Hall–Kier alpha value is -1.82. The van der Waals surface area contributed by atoms with Gasteiger partial charge in [0, 0.05) is 6.20 Å².